The molecule has 3 N–H and O–H groups in total. The smallest absolute Gasteiger partial charge is 0.263 e. The van der Waals surface area contributed by atoms with Crippen LogP contribution >= 0.6 is 0 Å². The minimum absolute atomic E-state index is 0.0646. The average molecular weight is 310 g/mol. The quantitative estimate of drug-likeness (QED) is 0.850. The molecule has 0 radical (unpaired) electrons. The van der Waals surface area contributed by atoms with E-state index in [1.54, 1.807) is 6.92 Å². The largest absolute Gasteiger partial charge is 0.497 e. The third kappa shape index (κ3) is 3.25. The van der Waals surface area contributed by atoms with Crippen molar-refractivity contribution in [3.8, 4) is 5.75 Å². The predicted molar refractivity (Wildman–Crippen MR) is 79.4 cm³/mol. The Morgan fingerprint density at radius 3 is 2.48 bits per heavy atom. The van der Waals surface area contributed by atoms with Crippen molar-refractivity contribution in [1.82, 2.24) is 0 Å². The lowest BCUT2D eigenvalue weighted by molar-refractivity contribution is 0.414. The van der Waals surface area contributed by atoms with Gasteiger partial charge in [-0.3, -0.25) is 4.72 Å². The Labute approximate surface area is 122 Å². The van der Waals surface area contributed by atoms with Crippen LogP contribution in [0.2, 0.25) is 0 Å². The van der Waals surface area contributed by atoms with Gasteiger partial charge in [0.2, 0.25) is 0 Å². The van der Waals surface area contributed by atoms with Gasteiger partial charge in [0, 0.05) is 11.8 Å². The molecule has 0 bridgehead atoms. The molecule has 0 amide bonds. The summed E-state index contributed by atoms with van der Waals surface area (Å²) in [6.45, 7) is 1.55. The first-order valence-electron chi connectivity index (χ1n) is 6.06. The number of hydrogen-bond donors (Lipinski definition) is 2. The molecule has 7 heteroatoms. The van der Waals surface area contributed by atoms with Gasteiger partial charge in [-0.05, 0) is 42.8 Å². The highest BCUT2D eigenvalue weighted by Gasteiger charge is 2.18. The van der Waals surface area contributed by atoms with Crippen molar-refractivity contribution in [3.05, 3.63) is 47.8 Å². The summed E-state index contributed by atoms with van der Waals surface area (Å²) in [5.41, 5.74) is 6.41. The van der Waals surface area contributed by atoms with Gasteiger partial charge in [-0.15, -0.1) is 0 Å². The second kappa shape index (κ2) is 5.61. The third-order valence-electron chi connectivity index (χ3n) is 2.92. The number of aryl methyl sites for hydroxylation is 1. The maximum Gasteiger partial charge on any atom is 0.263 e. The number of nitrogens with two attached hydrogens (primary N) is 1. The number of nitrogens with one attached hydrogen (secondary N) is 1. The fourth-order valence-corrected chi connectivity index (χ4v) is 2.98. The molecule has 21 heavy (non-hydrogen) atoms. The van der Waals surface area contributed by atoms with Gasteiger partial charge in [0.25, 0.3) is 10.0 Å². The number of halogens is 1. The van der Waals surface area contributed by atoms with E-state index in [4.69, 9.17) is 10.5 Å². The molecule has 2 rings (SSSR count). The number of ether oxygens (including phenoxy) is 1. The van der Waals surface area contributed by atoms with E-state index in [2.05, 4.69) is 4.72 Å². The van der Waals surface area contributed by atoms with Crippen molar-refractivity contribution in [1.29, 1.82) is 0 Å². The van der Waals surface area contributed by atoms with Crippen molar-refractivity contribution in [2.45, 2.75) is 11.8 Å². The maximum absolute atomic E-state index is 13.2. The van der Waals surface area contributed by atoms with Crippen LogP contribution in [0.1, 0.15) is 5.56 Å². The molecule has 0 aliphatic rings. The van der Waals surface area contributed by atoms with Gasteiger partial charge in [-0.25, -0.2) is 12.8 Å². The number of sulfonamides is 1. The van der Waals surface area contributed by atoms with Crippen LogP contribution in [0.5, 0.6) is 5.75 Å². The summed E-state index contributed by atoms with van der Waals surface area (Å²) in [6, 6.07) is 8.23. The summed E-state index contributed by atoms with van der Waals surface area (Å²) in [7, 11) is -2.39. The molecule has 5 nitrogen and oxygen atoms in total. The van der Waals surface area contributed by atoms with Crippen LogP contribution in [0.15, 0.2) is 41.3 Å². The highest BCUT2D eigenvalue weighted by Crippen LogP contribution is 2.26. The minimum Gasteiger partial charge on any atom is -0.497 e. The van der Waals surface area contributed by atoms with Crippen molar-refractivity contribution in [3.63, 3.8) is 0 Å². The molecule has 2 aromatic carbocycles. The fourth-order valence-electron chi connectivity index (χ4n) is 1.82. The monoisotopic (exact) mass is 310 g/mol. The van der Waals surface area contributed by atoms with E-state index in [1.807, 2.05) is 0 Å². The molecule has 0 aliphatic heterocycles. The molecule has 2 aromatic rings. The SMILES string of the molecule is COc1ccc(S(=O)(=O)Nc2ccc(F)c(C)c2)c(N)c1. The Bertz CT molecular complexity index is 776. The third-order valence-corrected chi connectivity index (χ3v) is 4.37. The summed E-state index contributed by atoms with van der Waals surface area (Å²) in [5, 5.41) is 0. The van der Waals surface area contributed by atoms with E-state index in [9.17, 15) is 12.8 Å². The van der Waals surface area contributed by atoms with E-state index in [0.29, 0.717) is 11.3 Å². The molecule has 0 unspecified atom stereocenters. The van der Waals surface area contributed by atoms with Crippen molar-refractivity contribution in [2.75, 3.05) is 17.6 Å². The van der Waals surface area contributed by atoms with E-state index < -0.39 is 15.8 Å². The van der Waals surface area contributed by atoms with Crippen LogP contribution in [0.25, 0.3) is 0 Å². The van der Waals surface area contributed by atoms with Crippen LogP contribution in [0.3, 0.4) is 0 Å². The highest BCUT2D eigenvalue weighted by molar-refractivity contribution is 7.92. The molecule has 0 aromatic heterocycles. The van der Waals surface area contributed by atoms with Crippen LogP contribution in [0, 0.1) is 12.7 Å². The number of nitrogen functional groups attached to an aromatic ring is 1. The molecule has 0 saturated heterocycles. The van der Waals surface area contributed by atoms with Crippen molar-refractivity contribution in [2.24, 2.45) is 0 Å². The number of hydrogen-bond acceptors (Lipinski definition) is 4. The molecule has 0 heterocycles. The Balaban J connectivity index is 2.36. The van der Waals surface area contributed by atoms with Gasteiger partial charge >= 0.3 is 0 Å². The van der Waals surface area contributed by atoms with E-state index in [1.165, 1.54) is 43.5 Å². The van der Waals surface area contributed by atoms with Crippen molar-refractivity contribution >= 4 is 21.4 Å². The molecule has 0 atom stereocenters. The lowest BCUT2D eigenvalue weighted by atomic mass is 10.2. The summed E-state index contributed by atoms with van der Waals surface area (Å²) < 4.78 is 45.1. The number of rotatable bonds is 4. The van der Waals surface area contributed by atoms with Crippen LogP contribution in [0.4, 0.5) is 15.8 Å². The van der Waals surface area contributed by atoms with Gasteiger partial charge in [-0.2, -0.15) is 0 Å². The van der Waals surface area contributed by atoms with Crippen LogP contribution in [-0.4, -0.2) is 15.5 Å². The minimum atomic E-state index is -3.85. The molecular formula is C14H15FN2O3S. The lowest BCUT2D eigenvalue weighted by Gasteiger charge is -2.11. The summed E-state index contributed by atoms with van der Waals surface area (Å²) in [6.07, 6.45) is 0. The Morgan fingerprint density at radius 2 is 1.90 bits per heavy atom. The Morgan fingerprint density at radius 1 is 1.19 bits per heavy atom. The molecule has 0 saturated carbocycles. The van der Waals surface area contributed by atoms with Gasteiger partial charge in [0.1, 0.15) is 16.5 Å². The second-order valence-corrected chi connectivity index (χ2v) is 6.12. The van der Waals surface area contributed by atoms with Gasteiger partial charge < -0.3 is 10.5 Å². The van der Waals surface area contributed by atoms with Gasteiger partial charge in [-0.1, -0.05) is 0 Å². The number of methoxy groups -OCH3 is 1. The topological polar surface area (TPSA) is 81.4 Å². The summed E-state index contributed by atoms with van der Waals surface area (Å²) in [4.78, 5) is -0.0646. The van der Waals surface area contributed by atoms with Crippen molar-refractivity contribution < 1.29 is 17.5 Å². The van der Waals surface area contributed by atoms with Gasteiger partial charge in [0.05, 0.1) is 12.8 Å². The molecule has 0 fully saturated rings. The molecule has 112 valence electrons. The second-order valence-electron chi connectivity index (χ2n) is 4.47. The molecular weight excluding hydrogens is 295 g/mol. The first-order chi connectivity index (χ1) is 9.83. The molecule has 0 aliphatic carbocycles. The summed E-state index contributed by atoms with van der Waals surface area (Å²) in [5.74, 6) is 0.0611. The zero-order valence-corrected chi connectivity index (χ0v) is 12.4. The highest BCUT2D eigenvalue weighted by atomic mass is 32.2. The van der Waals surface area contributed by atoms with Crippen LogP contribution < -0.4 is 15.2 Å². The summed E-state index contributed by atoms with van der Waals surface area (Å²) >= 11 is 0. The Kier molecular flexibility index (Phi) is 4.04. The van der Waals surface area contributed by atoms with Crippen LogP contribution in [-0.2, 0) is 10.0 Å². The first-order valence-corrected chi connectivity index (χ1v) is 7.54. The van der Waals surface area contributed by atoms with E-state index in [-0.39, 0.29) is 16.3 Å². The van der Waals surface area contributed by atoms with Gasteiger partial charge in [0.15, 0.2) is 0 Å². The first kappa shape index (κ1) is 15.1. The zero-order chi connectivity index (χ0) is 15.6. The maximum atomic E-state index is 13.2. The predicted octanol–water partition coefficient (Wildman–Crippen LogP) is 2.53. The lowest BCUT2D eigenvalue weighted by Crippen LogP contribution is -2.15. The average Bonchev–Trinajstić information content (AvgIpc) is 2.42. The number of anilines is 2. The van der Waals surface area contributed by atoms with E-state index in [0.717, 1.165) is 0 Å². The number of benzene rings is 2. The standard InChI is InChI=1S/C14H15FN2O3S/c1-9-7-10(3-5-12(9)15)17-21(18,19)14-6-4-11(20-2)8-13(14)16/h3-8,17H,16H2,1-2H3. The zero-order valence-electron chi connectivity index (χ0n) is 11.6. The molecule has 0 spiro atoms. The normalized spacial score (nSPS) is 11.2. The fraction of sp³-hybridized carbons (Fsp3) is 0.143. The van der Waals surface area contributed by atoms with E-state index >= 15 is 0 Å². The Hall–Kier alpha value is -2.28.